The Morgan fingerprint density at radius 2 is 1.38 bits per heavy atom. The Morgan fingerprint density at radius 1 is 0.811 bits per heavy atom. The van der Waals surface area contributed by atoms with E-state index in [1.54, 1.807) is 42.5 Å². The molecule has 190 valence electrons. The number of phenols is 1. The van der Waals surface area contributed by atoms with Gasteiger partial charge >= 0.3 is 0 Å². The van der Waals surface area contributed by atoms with Crippen LogP contribution in [0.3, 0.4) is 0 Å². The van der Waals surface area contributed by atoms with Crippen molar-refractivity contribution in [3.05, 3.63) is 83.9 Å². The van der Waals surface area contributed by atoms with E-state index in [1.165, 1.54) is 39.5 Å². The number of hydrogen-bond acceptors (Lipinski definition) is 7. The average molecular weight is 522 g/mol. The number of amides is 3. The van der Waals surface area contributed by atoms with Gasteiger partial charge in [0.05, 0.1) is 21.7 Å². The number of benzene rings is 3. The number of nitrogens with zero attached hydrogens (tertiary/aromatic N) is 3. The van der Waals surface area contributed by atoms with Gasteiger partial charge in [-0.25, -0.2) is 13.3 Å². The summed E-state index contributed by atoms with van der Waals surface area (Å²) in [7, 11) is -3.85. The number of para-hydroxylation sites is 2. The number of ether oxygens (including phenoxy) is 1. The number of phenolic OH excluding ortho intramolecular Hbond substituents is 1. The largest absolute Gasteiger partial charge is 0.504 e. The van der Waals surface area contributed by atoms with Gasteiger partial charge in [0.2, 0.25) is 10.0 Å². The molecule has 0 aromatic heterocycles. The molecule has 1 N–H and O–H groups in total. The van der Waals surface area contributed by atoms with E-state index in [-0.39, 0.29) is 60.8 Å². The maximum Gasteiger partial charge on any atom is 0.266 e. The fourth-order valence-corrected chi connectivity index (χ4v) is 5.75. The van der Waals surface area contributed by atoms with Gasteiger partial charge in [-0.05, 0) is 48.5 Å². The maximum absolute atomic E-state index is 13.2. The van der Waals surface area contributed by atoms with Crippen molar-refractivity contribution >= 4 is 33.4 Å². The van der Waals surface area contributed by atoms with Crippen molar-refractivity contribution in [3.63, 3.8) is 0 Å². The molecule has 0 unspecified atom stereocenters. The molecule has 0 saturated carbocycles. The molecule has 11 heteroatoms. The molecule has 0 spiro atoms. The number of fused-ring (bicyclic) bond motifs is 1. The third kappa shape index (κ3) is 4.54. The monoisotopic (exact) mass is 521 g/mol. The Labute approximate surface area is 213 Å². The van der Waals surface area contributed by atoms with Crippen molar-refractivity contribution in [3.8, 4) is 11.5 Å². The summed E-state index contributed by atoms with van der Waals surface area (Å²) in [5, 5.41) is 9.75. The molecular weight excluding hydrogens is 498 g/mol. The fraction of sp³-hybridized carbons (Fsp3) is 0.192. The second-order valence-electron chi connectivity index (χ2n) is 8.53. The summed E-state index contributed by atoms with van der Waals surface area (Å²) in [4.78, 5) is 40.4. The molecule has 0 aliphatic carbocycles. The van der Waals surface area contributed by atoms with E-state index in [9.17, 15) is 27.9 Å². The first-order chi connectivity index (χ1) is 17.8. The second-order valence-corrected chi connectivity index (χ2v) is 10.5. The number of carbonyl (C=O) groups excluding carboxylic acids is 3. The first-order valence-corrected chi connectivity index (χ1v) is 13.0. The van der Waals surface area contributed by atoms with Gasteiger partial charge in [-0.2, -0.15) is 4.31 Å². The number of hydrogen-bond donors (Lipinski definition) is 1. The van der Waals surface area contributed by atoms with Crippen LogP contribution in [-0.4, -0.2) is 73.2 Å². The van der Waals surface area contributed by atoms with Crippen molar-refractivity contribution in [2.75, 3.05) is 37.7 Å². The van der Waals surface area contributed by atoms with Crippen LogP contribution in [-0.2, 0) is 14.8 Å². The molecule has 3 aromatic rings. The Hall–Kier alpha value is -4.22. The van der Waals surface area contributed by atoms with Crippen molar-refractivity contribution in [1.29, 1.82) is 0 Å². The summed E-state index contributed by atoms with van der Waals surface area (Å²) in [5.41, 5.74) is 0.898. The van der Waals surface area contributed by atoms with E-state index < -0.39 is 21.8 Å². The topological polar surface area (TPSA) is 125 Å². The van der Waals surface area contributed by atoms with Crippen LogP contribution in [0.4, 0.5) is 5.69 Å². The minimum absolute atomic E-state index is 0.0236. The smallest absolute Gasteiger partial charge is 0.266 e. The fourth-order valence-electron chi connectivity index (χ4n) is 4.33. The highest BCUT2D eigenvalue weighted by atomic mass is 32.2. The highest BCUT2D eigenvalue weighted by molar-refractivity contribution is 7.89. The van der Waals surface area contributed by atoms with E-state index in [0.29, 0.717) is 11.1 Å². The number of imide groups is 1. The molecule has 0 radical (unpaired) electrons. The van der Waals surface area contributed by atoms with Crippen LogP contribution in [0.15, 0.2) is 77.7 Å². The molecule has 3 aromatic carbocycles. The minimum Gasteiger partial charge on any atom is -0.504 e. The van der Waals surface area contributed by atoms with Gasteiger partial charge in [-0.1, -0.05) is 24.3 Å². The van der Waals surface area contributed by atoms with Crippen LogP contribution in [0, 0.1) is 0 Å². The van der Waals surface area contributed by atoms with Gasteiger partial charge in [0, 0.05) is 26.2 Å². The Balaban J connectivity index is 1.21. The molecule has 0 atom stereocenters. The predicted octanol–water partition coefficient (Wildman–Crippen LogP) is 2.10. The zero-order valence-electron chi connectivity index (χ0n) is 19.6. The number of carbonyl (C=O) groups is 3. The summed E-state index contributed by atoms with van der Waals surface area (Å²) in [6.45, 7) is 0.309. The van der Waals surface area contributed by atoms with Gasteiger partial charge in [0.15, 0.2) is 18.1 Å². The number of piperazine rings is 1. The van der Waals surface area contributed by atoms with Crippen molar-refractivity contribution in [2.45, 2.75) is 4.90 Å². The summed E-state index contributed by atoms with van der Waals surface area (Å²) in [5.74, 6) is -1.10. The lowest BCUT2D eigenvalue weighted by atomic mass is 10.1. The minimum atomic E-state index is -3.85. The first kappa shape index (κ1) is 24.5. The summed E-state index contributed by atoms with van der Waals surface area (Å²) < 4.78 is 33.0. The van der Waals surface area contributed by atoms with Crippen molar-refractivity contribution in [1.82, 2.24) is 9.21 Å². The average Bonchev–Trinajstić information content (AvgIpc) is 3.18. The molecule has 10 nitrogen and oxygen atoms in total. The third-order valence-electron chi connectivity index (χ3n) is 6.33. The molecule has 1 saturated heterocycles. The first-order valence-electron chi connectivity index (χ1n) is 11.5. The van der Waals surface area contributed by atoms with E-state index in [0.717, 1.165) is 4.90 Å². The van der Waals surface area contributed by atoms with Crippen LogP contribution in [0.2, 0.25) is 0 Å². The normalized spacial score (nSPS) is 16.1. The molecule has 2 aliphatic heterocycles. The molecule has 3 amide bonds. The lowest BCUT2D eigenvalue weighted by Crippen LogP contribution is -2.51. The van der Waals surface area contributed by atoms with E-state index >= 15 is 0 Å². The van der Waals surface area contributed by atoms with Gasteiger partial charge in [-0.3, -0.25) is 14.4 Å². The SMILES string of the molecule is O=C(COc1ccccc1O)N1CCN(S(=O)(=O)c2ccc(N3C(=O)c4ccccc4C3=O)cc2)CC1. The predicted molar refractivity (Wildman–Crippen MR) is 133 cm³/mol. The Morgan fingerprint density at radius 3 is 1.97 bits per heavy atom. The zero-order valence-corrected chi connectivity index (χ0v) is 20.4. The molecule has 2 heterocycles. The zero-order chi connectivity index (χ0) is 26.2. The van der Waals surface area contributed by atoms with Crippen LogP contribution < -0.4 is 9.64 Å². The van der Waals surface area contributed by atoms with E-state index in [1.807, 2.05) is 0 Å². The number of anilines is 1. The lowest BCUT2D eigenvalue weighted by Gasteiger charge is -2.34. The molecule has 37 heavy (non-hydrogen) atoms. The van der Waals surface area contributed by atoms with E-state index in [2.05, 4.69) is 0 Å². The number of rotatable bonds is 6. The Kier molecular flexibility index (Phi) is 6.40. The van der Waals surface area contributed by atoms with Crippen molar-refractivity contribution in [2.24, 2.45) is 0 Å². The van der Waals surface area contributed by atoms with Gasteiger partial charge in [0.1, 0.15) is 0 Å². The van der Waals surface area contributed by atoms with Crippen LogP contribution in [0.25, 0.3) is 0 Å². The Bertz CT molecular complexity index is 1450. The lowest BCUT2D eigenvalue weighted by molar-refractivity contribution is -0.134. The van der Waals surface area contributed by atoms with Crippen LogP contribution >= 0.6 is 0 Å². The highest BCUT2D eigenvalue weighted by Gasteiger charge is 2.37. The maximum atomic E-state index is 13.2. The molecule has 5 rings (SSSR count). The van der Waals surface area contributed by atoms with Gasteiger partial charge in [0.25, 0.3) is 17.7 Å². The van der Waals surface area contributed by atoms with Crippen LogP contribution in [0.1, 0.15) is 20.7 Å². The van der Waals surface area contributed by atoms with E-state index in [4.69, 9.17) is 4.74 Å². The second kappa shape index (κ2) is 9.68. The van der Waals surface area contributed by atoms with Gasteiger partial charge < -0.3 is 14.7 Å². The van der Waals surface area contributed by atoms with Gasteiger partial charge in [-0.15, -0.1) is 0 Å². The third-order valence-corrected chi connectivity index (χ3v) is 8.25. The van der Waals surface area contributed by atoms with Crippen LogP contribution in [0.5, 0.6) is 11.5 Å². The molecule has 1 fully saturated rings. The summed E-state index contributed by atoms with van der Waals surface area (Å²) in [6, 6.07) is 18.4. The molecule has 2 aliphatic rings. The summed E-state index contributed by atoms with van der Waals surface area (Å²) in [6.07, 6.45) is 0. The standard InChI is InChI=1S/C26H23N3O7S/c30-22-7-3-4-8-23(22)36-17-24(31)27-13-15-28(16-14-27)37(34,35)19-11-9-18(10-12-19)29-25(32)20-5-1-2-6-21(20)26(29)33/h1-12,30H,13-17H2. The molecular formula is C26H23N3O7S. The quantitative estimate of drug-likeness (QED) is 0.493. The summed E-state index contributed by atoms with van der Waals surface area (Å²) >= 11 is 0. The number of sulfonamides is 1. The number of aromatic hydroxyl groups is 1. The molecule has 0 bridgehead atoms. The highest BCUT2D eigenvalue weighted by Crippen LogP contribution is 2.30. The van der Waals surface area contributed by atoms with Crippen molar-refractivity contribution < 1.29 is 32.6 Å².